The lowest BCUT2D eigenvalue weighted by Crippen LogP contribution is -2.29. The van der Waals surface area contributed by atoms with E-state index in [2.05, 4.69) is 28.1 Å². The molecule has 0 heterocycles. The van der Waals surface area contributed by atoms with Gasteiger partial charge in [0.15, 0.2) is 6.10 Å². The number of phosphoric acid groups is 2. The molecule has 0 amide bonds. The summed E-state index contributed by atoms with van der Waals surface area (Å²) in [7, 11) is -9.71. The number of carbonyl (C=O) groups is 2. The number of unbranched alkanes of at least 4 members (excludes halogenated alkanes) is 10. The summed E-state index contributed by atoms with van der Waals surface area (Å²) in [5.74, 6) is -1.14. The molecule has 0 saturated carbocycles. The molecule has 334 valence electrons. The second-order valence-electron chi connectivity index (χ2n) is 13.7. The van der Waals surface area contributed by atoms with Crippen LogP contribution in [0.1, 0.15) is 136 Å². The highest BCUT2D eigenvalue weighted by Gasteiger charge is 2.28. The molecule has 0 bridgehead atoms. The van der Waals surface area contributed by atoms with Gasteiger partial charge in [0.05, 0.1) is 25.9 Å². The molecule has 0 saturated heterocycles. The molecule has 0 radical (unpaired) electrons. The Morgan fingerprint density at radius 2 is 1.14 bits per heavy atom. The predicted molar refractivity (Wildman–Crippen MR) is 226 cm³/mol. The molecular formula is C42H72O14P2. The summed E-state index contributed by atoms with van der Waals surface area (Å²) >= 11 is 0. The molecule has 0 fully saturated rings. The van der Waals surface area contributed by atoms with Gasteiger partial charge in [-0.3, -0.25) is 23.2 Å². The number of aliphatic hydroxyl groups is 2. The first-order valence-electron chi connectivity index (χ1n) is 20.7. The van der Waals surface area contributed by atoms with E-state index < -0.39 is 72.3 Å². The van der Waals surface area contributed by atoms with E-state index in [1.807, 2.05) is 61.6 Å². The molecule has 14 nitrogen and oxygen atoms in total. The molecule has 0 spiro atoms. The van der Waals surface area contributed by atoms with Crippen molar-refractivity contribution >= 4 is 27.6 Å². The number of rotatable bonds is 38. The van der Waals surface area contributed by atoms with Gasteiger partial charge in [0, 0.05) is 12.8 Å². The summed E-state index contributed by atoms with van der Waals surface area (Å²) in [5, 5.41) is 19.5. The molecule has 2 unspecified atom stereocenters. The van der Waals surface area contributed by atoms with Crippen LogP contribution in [0.2, 0.25) is 0 Å². The lowest BCUT2D eigenvalue weighted by molar-refractivity contribution is -0.161. The van der Waals surface area contributed by atoms with E-state index in [0.717, 1.165) is 57.8 Å². The SMILES string of the molecule is CC/C=C\C(O)C/C=C/C=C\C/C=C\C/C=C\CCCC(=O)O[C@H](COC(=O)CCCCCCC/C=C\CCCCCC)COP(=O)(O)OC[C@@H](O)COP(=O)(O)O. The second kappa shape index (κ2) is 37.5. The number of hydrogen-bond donors (Lipinski definition) is 5. The standard InChI is InChI=1S/C42H72O14P2/c1-3-5-7-8-9-10-11-12-16-19-22-25-28-32-41(45)52-36-40(37-55-58(50,51)54-35-39(44)34-53-57(47,48)49)56-42(46)33-29-26-23-20-17-14-13-15-18-21-24-27-31-38(43)30-6-4-2/h6,10-11,13-14,18,20-21,23-24,27,30,38-40,43-44H,3-5,7-9,12,15-17,19,22,25-26,28-29,31-37H2,1-2H3,(H,50,51)(H2,47,48,49)/b11-10-,14-13-,21-18-,23-20-,27-24+,30-6-/t38?,39-,40+/m0/s1. The average molecular weight is 863 g/mol. The van der Waals surface area contributed by atoms with E-state index in [0.29, 0.717) is 25.7 Å². The monoisotopic (exact) mass is 862 g/mol. The van der Waals surface area contributed by atoms with E-state index >= 15 is 0 Å². The normalized spacial score (nSPS) is 15.4. The first kappa shape index (κ1) is 55.5. The average Bonchev–Trinajstić information content (AvgIpc) is 3.18. The van der Waals surface area contributed by atoms with Crippen molar-refractivity contribution in [2.45, 2.75) is 154 Å². The van der Waals surface area contributed by atoms with Crippen LogP contribution in [-0.4, -0.2) is 81.6 Å². The summed E-state index contributed by atoms with van der Waals surface area (Å²) in [6, 6.07) is 0. The first-order chi connectivity index (χ1) is 27.8. The van der Waals surface area contributed by atoms with Crippen LogP contribution in [0.4, 0.5) is 0 Å². The van der Waals surface area contributed by atoms with E-state index in [-0.39, 0.29) is 12.8 Å². The molecule has 0 aromatic heterocycles. The van der Waals surface area contributed by atoms with Gasteiger partial charge in [0.2, 0.25) is 0 Å². The maximum absolute atomic E-state index is 12.6. The Kier molecular flexibility index (Phi) is 35.9. The van der Waals surface area contributed by atoms with Crippen LogP contribution in [0.15, 0.2) is 72.9 Å². The van der Waals surface area contributed by atoms with Gasteiger partial charge in [0.1, 0.15) is 12.7 Å². The third-order valence-corrected chi connectivity index (χ3v) is 9.58. The number of carbonyl (C=O) groups excluding carboxylic acids is 2. The Bertz CT molecular complexity index is 1320. The van der Waals surface area contributed by atoms with Crippen LogP contribution in [0.5, 0.6) is 0 Å². The summed E-state index contributed by atoms with van der Waals surface area (Å²) in [6.07, 6.45) is 36.8. The van der Waals surface area contributed by atoms with Gasteiger partial charge in [0.25, 0.3) is 0 Å². The van der Waals surface area contributed by atoms with Crippen LogP contribution in [0.3, 0.4) is 0 Å². The van der Waals surface area contributed by atoms with Crippen LogP contribution in [-0.2, 0) is 41.8 Å². The van der Waals surface area contributed by atoms with Crippen LogP contribution in [0, 0.1) is 0 Å². The zero-order valence-electron chi connectivity index (χ0n) is 34.7. The minimum absolute atomic E-state index is 0.0304. The maximum atomic E-state index is 12.6. The molecule has 0 aliphatic heterocycles. The molecule has 0 aliphatic rings. The van der Waals surface area contributed by atoms with Crippen molar-refractivity contribution in [2.75, 3.05) is 26.4 Å². The van der Waals surface area contributed by atoms with Gasteiger partial charge in [-0.2, -0.15) is 0 Å². The van der Waals surface area contributed by atoms with Gasteiger partial charge < -0.3 is 34.4 Å². The van der Waals surface area contributed by atoms with Crippen molar-refractivity contribution in [1.82, 2.24) is 0 Å². The largest absolute Gasteiger partial charge is 0.472 e. The Morgan fingerprint density at radius 3 is 1.83 bits per heavy atom. The molecule has 16 heteroatoms. The van der Waals surface area contributed by atoms with Crippen molar-refractivity contribution in [1.29, 1.82) is 0 Å². The molecule has 0 aromatic rings. The second-order valence-corrected chi connectivity index (χ2v) is 16.4. The molecule has 0 aromatic carbocycles. The first-order valence-corrected chi connectivity index (χ1v) is 23.8. The lowest BCUT2D eigenvalue weighted by atomic mass is 10.1. The van der Waals surface area contributed by atoms with Gasteiger partial charge in [-0.1, -0.05) is 125 Å². The minimum atomic E-state index is -4.88. The maximum Gasteiger partial charge on any atom is 0.472 e. The van der Waals surface area contributed by atoms with Gasteiger partial charge in [-0.05, 0) is 70.6 Å². The third-order valence-electron chi connectivity index (χ3n) is 8.14. The Hall–Kier alpha value is -2.48. The fourth-order valence-corrected chi connectivity index (χ4v) is 6.14. The third kappa shape index (κ3) is 40.3. The van der Waals surface area contributed by atoms with Crippen molar-refractivity contribution in [3.05, 3.63) is 72.9 Å². The van der Waals surface area contributed by atoms with E-state index in [1.165, 1.54) is 25.7 Å². The Balaban J connectivity index is 4.71. The quantitative estimate of drug-likeness (QED) is 0.0129. The van der Waals surface area contributed by atoms with Crippen LogP contribution < -0.4 is 0 Å². The molecule has 0 rings (SSSR count). The van der Waals surface area contributed by atoms with E-state index in [9.17, 15) is 33.8 Å². The number of allylic oxidation sites excluding steroid dienone is 10. The fraction of sp³-hybridized carbons (Fsp3) is 0.667. The summed E-state index contributed by atoms with van der Waals surface area (Å²) < 4.78 is 47.6. The summed E-state index contributed by atoms with van der Waals surface area (Å²) in [5.41, 5.74) is 0. The zero-order chi connectivity index (χ0) is 43.2. The van der Waals surface area contributed by atoms with Crippen LogP contribution >= 0.6 is 15.6 Å². The highest BCUT2D eigenvalue weighted by molar-refractivity contribution is 7.47. The number of ether oxygens (including phenoxy) is 2. The fourth-order valence-electron chi connectivity index (χ4n) is 4.98. The van der Waals surface area contributed by atoms with Gasteiger partial charge in [-0.15, -0.1) is 0 Å². The van der Waals surface area contributed by atoms with Crippen LogP contribution in [0.25, 0.3) is 0 Å². The summed E-state index contributed by atoms with van der Waals surface area (Å²) in [4.78, 5) is 52.6. The molecular weight excluding hydrogens is 790 g/mol. The van der Waals surface area contributed by atoms with E-state index in [4.69, 9.17) is 23.8 Å². The van der Waals surface area contributed by atoms with Crippen molar-refractivity contribution in [3.63, 3.8) is 0 Å². The molecule has 58 heavy (non-hydrogen) atoms. The summed E-state index contributed by atoms with van der Waals surface area (Å²) in [6.45, 7) is 1.40. The minimum Gasteiger partial charge on any atom is -0.462 e. The lowest BCUT2D eigenvalue weighted by Gasteiger charge is -2.20. The van der Waals surface area contributed by atoms with E-state index in [1.54, 1.807) is 6.08 Å². The van der Waals surface area contributed by atoms with Gasteiger partial charge in [-0.25, -0.2) is 9.13 Å². The molecule has 5 N–H and O–H groups in total. The Labute approximate surface area is 347 Å². The van der Waals surface area contributed by atoms with Crippen molar-refractivity contribution < 1.29 is 66.7 Å². The smallest absolute Gasteiger partial charge is 0.462 e. The molecule has 4 atom stereocenters. The highest BCUT2D eigenvalue weighted by Crippen LogP contribution is 2.43. The van der Waals surface area contributed by atoms with Gasteiger partial charge >= 0.3 is 27.6 Å². The number of esters is 2. The predicted octanol–water partition coefficient (Wildman–Crippen LogP) is 9.19. The zero-order valence-corrected chi connectivity index (χ0v) is 36.5. The molecule has 0 aliphatic carbocycles. The van der Waals surface area contributed by atoms with Crippen molar-refractivity contribution in [3.8, 4) is 0 Å². The Morgan fingerprint density at radius 1 is 0.586 bits per heavy atom. The van der Waals surface area contributed by atoms with Crippen molar-refractivity contribution in [2.24, 2.45) is 0 Å². The topological polar surface area (TPSA) is 216 Å². The number of phosphoric ester groups is 2. The highest BCUT2D eigenvalue weighted by atomic mass is 31.2. The number of aliphatic hydroxyl groups excluding tert-OH is 2. The number of hydrogen-bond acceptors (Lipinski definition) is 11.